The van der Waals surface area contributed by atoms with Gasteiger partial charge in [0, 0.05) is 6.42 Å². The SMILES string of the molecule is O=C(CNC(=O)C(Cc1ccc(OP(OCc2ccccc2)OCc2ccccc2)c(OCc2ccccc2)c1)NC(=S)OCc1ccccc1)OCc1ccccc1. The van der Waals surface area contributed by atoms with Gasteiger partial charge in [-0.05, 0) is 57.7 Å². The van der Waals surface area contributed by atoms with Crippen molar-refractivity contribution in [1.29, 1.82) is 0 Å². The van der Waals surface area contributed by atoms with Gasteiger partial charge in [-0.15, -0.1) is 0 Å². The van der Waals surface area contributed by atoms with Crippen LogP contribution in [0.25, 0.3) is 0 Å². The molecule has 2 N–H and O–H groups in total. The predicted octanol–water partition coefficient (Wildman–Crippen LogP) is 9.17. The summed E-state index contributed by atoms with van der Waals surface area (Å²) >= 11 is 5.53. The van der Waals surface area contributed by atoms with E-state index in [0.29, 0.717) is 17.1 Å². The molecule has 0 fully saturated rings. The van der Waals surface area contributed by atoms with Crippen molar-refractivity contribution in [3.05, 3.63) is 203 Å². The van der Waals surface area contributed by atoms with Crippen molar-refractivity contribution in [3.63, 3.8) is 0 Å². The first kappa shape index (κ1) is 42.5. The maximum atomic E-state index is 13.7. The minimum atomic E-state index is -1.90. The van der Waals surface area contributed by atoms with Crippen LogP contribution in [0.2, 0.25) is 0 Å². The lowest BCUT2D eigenvalue weighted by atomic mass is 10.0. The molecule has 6 rings (SSSR count). The number of hydrogen-bond acceptors (Lipinski definition) is 9. The number of ether oxygens (including phenoxy) is 3. The van der Waals surface area contributed by atoms with Crippen LogP contribution in [0.1, 0.15) is 33.4 Å². The smallest absolute Gasteiger partial charge is 0.398 e. The number of nitrogens with one attached hydrogen (secondary N) is 2. The van der Waals surface area contributed by atoms with Crippen LogP contribution in [0.5, 0.6) is 11.5 Å². The van der Waals surface area contributed by atoms with Gasteiger partial charge in [-0.1, -0.05) is 158 Å². The highest BCUT2D eigenvalue weighted by Crippen LogP contribution is 2.46. The van der Waals surface area contributed by atoms with Crippen molar-refractivity contribution in [2.45, 2.75) is 45.5 Å². The molecular formula is C47H45N2O8PS. The Morgan fingerprint density at radius 1 is 0.525 bits per heavy atom. The Labute approximate surface area is 351 Å². The lowest BCUT2D eigenvalue weighted by Crippen LogP contribution is -2.49. The molecule has 0 aliphatic rings. The highest BCUT2D eigenvalue weighted by atomic mass is 32.1. The third-order valence-corrected chi connectivity index (χ3v) is 9.95. The second-order valence-corrected chi connectivity index (χ2v) is 14.7. The second-order valence-electron chi connectivity index (χ2n) is 13.2. The number of thiocarbonyl (C=S) groups is 1. The lowest BCUT2D eigenvalue weighted by Gasteiger charge is -2.22. The van der Waals surface area contributed by atoms with Gasteiger partial charge in [-0.25, -0.2) is 0 Å². The number of carbonyl (C=O) groups excluding carboxylic acids is 2. The largest absolute Gasteiger partial charge is 0.485 e. The minimum absolute atomic E-state index is 0.0259. The van der Waals surface area contributed by atoms with E-state index < -0.39 is 26.5 Å². The third kappa shape index (κ3) is 15.0. The molecule has 12 heteroatoms. The predicted molar refractivity (Wildman–Crippen MR) is 231 cm³/mol. The van der Waals surface area contributed by atoms with E-state index in [9.17, 15) is 9.59 Å². The number of carbonyl (C=O) groups is 2. The number of amides is 1. The van der Waals surface area contributed by atoms with Gasteiger partial charge in [0.05, 0.1) is 13.2 Å². The number of esters is 1. The molecule has 1 atom stereocenters. The summed E-state index contributed by atoms with van der Waals surface area (Å²) in [4.78, 5) is 26.4. The molecule has 6 aromatic rings. The Balaban J connectivity index is 1.20. The molecular weight excluding hydrogens is 784 g/mol. The lowest BCUT2D eigenvalue weighted by molar-refractivity contribution is -0.145. The molecule has 59 heavy (non-hydrogen) atoms. The zero-order valence-electron chi connectivity index (χ0n) is 32.3. The van der Waals surface area contributed by atoms with Crippen LogP contribution >= 0.6 is 20.8 Å². The monoisotopic (exact) mass is 828 g/mol. The summed E-state index contributed by atoms with van der Waals surface area (Å²) in [7, 11) is -1.90. The number of rotatable bonds is 21. The number of hydrogen-bond donors (Lipinski definition) is 2. The van der Waals surface area contributed by atoms with Gasteiger partial charge in [-0.3, -0.25) is 18.6 Å². The fourth-order valence-electron chi connectivity index (χ4n) is 5.60. The molecule has 0 saturated carbocycles. The van der Waals surface area contributed by atoms with E-state index in [1.165, 1.54) is 0 Å². The average molecular weight is 829 g/mol. The van der Waals surface area contributed by atoms with Gasteiger partial charge in [0.1, 0.15) is 32.4 Å². The van der Waals surface area contributed by atoms with Gasteiger partial charge in [0.25, 0.3) is 5.17 Å². The molecule has 0 spiro atoms. The normalized spacial score (nSPS) is 11.3. The first-order chi connectivity index (χ1) is 29.0. The van der Waals surface area contributed by atoms with Crippen molar-refractivity contribution in [3.8, 4) is 11.5 Å². The van der Waals surface area contributed by atoms with Crippen LogP contribution in [-0.2, 0) is 67.6 Å². The van der Waals surface area contributed by atoms with E-state index in [4.69, 9.17) is 40.0 Å². The molecule has 0 aromatic heterocycles. The van der Waals surface area contributed by atoms with Crippen molar-refractivity contribution in [2.24, 2.45) is 0 Å². The second kappa shape index (κ2) is 23.3. The molecule has 0 aliphatic heterocycles. The average Bonchev–Trinajstić information content (AvgIpc) is 3.29. The molecule has 0 bridgehead atoms. The molecule has 302 valence electrons. The summed E-state index contributed by atoms with van der Waals surface area (Å²) in [6.07, 6.45) is 0.144. The fraction of sp³-hybridized carbons (Fsp3) is 0.170. The summed E-state index contributed by atoms with van der Waals surface area (Å²) in [5, 5.41) is 5.76. The molecule has 1 amide bonds. The highest BCUT2D eigenvalue weighted by molar-refractivity contribution is 7.80. The van der Waals surface area contributed by atoms with Gasteiger partial charge in [0.2, 0.25) is 5.91 Å². The van der Waals surface area contributed by atoms with Crippen LogP contribution in [0, 0.1) is 0 Å². The molecule has 0 heterocycles. The van der Waals surface area contributed by atoms with Gasteiger partial charge >= 0.3 is 14.6 Å². The van der Waals surface area contributed by atoms with Crippen molar-refractivity contribution in [2.75, 3.05) is 6.54 Å². The van der Waals surface area contributed by atoms with Gasteiger partial charge in [0.15, 0.2) is 11.5 Å². The van der Waals surface area contributed by atoms with E-state index in [0.717, 1.165) is 27.8 Å². The van der Waals surface area contributed by atoms with Crippen LogP contribution in [0.4, 0.5) is 0 Å². The summed E-state index contributed by atoms with van der Waals surface area (Å²) in [6, 6.07) is 52.7. The van der Waals surface area contributed by atoms with Crippen molar-refractivity contribution in [1.82, 2.24) is 10.6 Å². The first-order valence-corrected chi connectivity index (χ1v) is 20.5. The van der Waals surface area contributed by atoms with Crippen LogP contribution in [0.3, 0.4) is 0 Å². The summed E-state index contributed by atoms with van der Waals surface area (Å²) in [5.41, 5.74) is 5.35. The molecule has 0 saturated heterocycles. The quantitative estimate of drug-likeness (QED) is 0.0414. The molecule has 6 aromatic carbocycles. The molecule has 0 radical (unpaired) electrons. The Morgan fingerprint density at radius 2 is 0.983 bits per heavy atom. The standard InChI is InChI=1S/C47H45N2O8PS/c50-45(53-32-37-18-8-2-9-19-37)30-48-46(51)42(49-47(59)54-33-38-20-10-3-11-21-38)28-41-26-27-43(44(29-41)52-31-36-16-6-1-7-17-36)57-58(55-34-39-22-12-4-13-23-39)56-35-40-24-14-5-15-25-40/h1-27,29,42H,28,30-35H2,(H,48,51)(H,49,59). The minimum Gasteiger partial charge on any atom is -0.485 e. The summed E-state index contributed by atoms with van der Waals surface area (Å²) in [5.74, 6) is -0.250. The summed E-state index contributed by atoms with van der Waals surface area (Å²) < 4.78 is 36.5. The Hall–Kier alpha value is -6.10. The van der Waals surface area contributed by atoms with Gasteiger partial charge in [-0.2, -0.15) is 0 Å². The van der Waals surface area contributed by atoms with Crippen LogP contribution in [-0.4, -0.2) is 29.6 Å². The van der Waals surface area contributed by atoms with Gasteiger partial charge < -0.3 is 29.4 Å². The van der Waals surface area contributed by atoms with Crippen molar-refractivity contribution >= 4 is 37.9 Å². The highest BCUT2D eigenvalue weighted by Gasteiger charge is 2.24. The maximum absolute atomic E-state index is 13.7. The molecule has 10 nitrogen and oxygen atoms in total. The van der Waals surface area contributed by atoms with Crippen molar-refractivity contribution < 1.29 is 37.4 Å². The first-order valence-electron chi connectivity index (χ1n) is 19.0. The third-order valence-electron chi connectivity index (χ3n) is 8.69. The fourth-order valence-corrected chi connectivity index (χ4v) is 6.80. The number of benzene rings is 6. The zero-order valence-corrected chi connectivity index (χ0v) is 34.0. The van der Waals surface area contributed by atoms with Crippen LogP contribution < -0.4 is 19.9 Å². The Kier molecular flexibility index (Phi) is 16.8. The molecule has 0 aliphatic carbocycles. The Bertz CT molecular complexity index is 2140. The topological polar surface area (TPSA) is 114 Å². The van der Waals surface area contributed by atoms with Crippen LogP contribution in [0.15, 0.2) is 170 Å². The van der Waals surface area contributed by atoms with E-state index in [1.807, 2.05) is 164 Å². The van der Waals surface area contributed by atoms with E-state index in [2.05, 4.69) is 10.6 Å². The zero-order chi connectivity index (χ0) is 40.9. The molecule has 1 unspecified atom stereocenters. The van der Waals surface area contributed by atoms with E-state index in [-0.39, 0.29) is 51.2 Å². The van der Waals surface area contributed by atoms with E-state index >= 15 is 0 Å². The Morgan fingerprint density at radius 3 is 1.49 bits per heavy atom. The van der Waals surface area contributed by atoms with E-state index in [1.54, 1.807) is 6.07 Å². The summed E-state index contributed by atoms with van der Waals surface area (Å²) in [6.45, 7) is 0.750. The maximum Gasteiger partial charge on any atom is 0.398 e.